The van der Waals surface area contributed by atoms with Crippen molar-refractivity contribution in [3.8, 4) is 0 Å². The maximum absolute atomic E-state index is 13.1. The van der Waals surface area contributed by atoms with Crippen LogP contribution in [0.3, 0.4) is 0 Å². The number of thioether (sulfide) groups is 1. The van der Waals surface area contributed by atoms with E-state index in [9.17, 15) is 12.8 Å². The summed E-state index contributed by atoms with van der Waals surface area (Å²) in [6.45, 7) is 5.73. The van der Waals surface area contributed by atoms with Crippen LogP contribution in [-0.2, 0) is 10.0 Å². The van der Waals surface area contributed by atoms with Crippen LogP contribution in [0.1, 0.15) is 19.4 Å². The van der Waals surface area contributed by atoms with E-state index in [2.05, 4.69) is 28.8 Å². The van der Waals surface area contributed by atoms with Crippen LogP contribution in [0, 0.1) is 18.7 Å². The second kappa shape index (κ2) is 6.93. The van der Waals surface area contributed by atoms with Gasteiger partial charge in [-0.1, -0.05) is 36.9 Å². The zero-order chi connectivity index (χ0) is 16.3. The quantitative estimate of drug-likeness (QED) is 0.797. The molecule has 0 unspecified atom stereocenters. The largest absolute Gasteiger partial charge is 0.263 e. The number of benzene rings is 1. The van der Waals surface area contributed by atoms with Gasteiger partial charge in [0.25, 0.3) is 10.0 Å². The summed E-state index contributed by atoms with van der Waals surface area (Å²) in [4.78, 5) is 0.0282. The minimum atomic E-state index is -3.80. The standard InChI is InChI=1S/C13H16FN3O2S3/c1-8(2)7-20-13-16-15-12(21-13)17-22(18,19)11-5-4-10(14)6-9(11)3/h4-6,8H,7H2,1-3H3,(H,15,17). The molecule has 0 atom stereocenters. The molecule has 0 aliphatic carbocycles. The maximum Gasteiger partial charge on any atom is 0.263 e. The molecule has 1 aromatic carbocycles. The fourth-order valence-corrected chi connectivity index (χ4v) is 4.82. The average molecular weight is 361 g/mol. The molecule has 0 radical (unpaired) electrons. The second-order valence-electron chi connectivity index (χ2n) is 5.09. The molecule has 5 nitrogen and oxygen atoms in total. The summed E-state index contributed by atoms with van der Waals surface area (Å²) < 4.78 is 40.8. The van der Waals surface area contributed by atoms with Gasteiger partial charge < -0.3 is 0 Å². The summed E-state index contributed by atoms with van der Waals surface area (Å²) in [6.07, 6.45) is 0. The molecule has 9 heteroatoms. The molecule has 22 heavy (non-hydrogen) atoms. The van der Waals surface area contributed by atoms with Crippen molar-refractivity contribution in [2.75, 3.05) is 10.5 Å². The van der Waals surface area contributed by atoms with E-state index in [4.69, 9.17) is 0 Å². The average Bonchev–Trinajstić information content (AvgIpc) is 2.82. The number of anilines is 1. The molecule has 0 bridgehead atoms. The number of nitrogens with zero attached hydrogens (tertiary/aromatic N) is 2. The summed E-state index contributed by atoms with van der Waals surface area (Å²) in [5.74, 6) is 0.925. The monoisotopic (exact) mass is 361 g/mol. The van der Waals surface area contributed by atoms with Gasteiger partial charge in [-0.3, -0.25) is 4.72 Å². The second-order valence-corrected chi connectivity index (χ2v) is 8.99. The molecular weight excluding hydrogens is 345 g/mol. The maximum atomic E-state index is 13.1. The van der Waals surface area contributed by atoms with Crippen LogP contribution in [-0.4, -0.2) is 24.4 Å². The molecule has 0 saturated carbocycles. The topological polar surface area (TPSA) is 72.0 Å². The van der Waals surface area contributed by atoms with Crippen molar-refractivity contribution in [3.63, 3.8) is 0 Å². The molecule has 1 aromatic heterocycles. The number of sulfonamides is 1. The first-order valence-corrected chi connectivity index (χ1v) is 9.82. The van der Waals surface area contributed by atoms with Gasteiger partial charge in [-0.25, -0.2) is 12.8 Å². The highest BCUT2D eigenvalue weighted by molar-refractivity contribution is 8.01. The van der Waals surface area contributed by atoms with Gasteiger partial charge in [-0.2, -0.15) is 0 Å². The van der Waals surface area contributed by atoms with Crippen molar-refractivity contribution in [1.82, 2.24) is 10.2 Å². The smallest absolute Gasteiger partial charge is 0.253 e. The fourth-order valence-electron chi connectivity index (χ4n) is 1.63. The summed E-state index contributed by atoms with van der Waals surface area (Å²) in [5.41, 5.74) is 0.339. The highest BCUT2D eigenvalue weighted by Gasteiger charge is 2.19. The molecular formula is C13H16FN3O2S3. The minimum Gasteiger partial charge on any atom is -0.253 e. The fraction of sp³-hybridized carbons (Fsp3) is 0.385. The molecule has 0 amide bonds. The highest BCUT2D eigenvalue weighted by atomic mass is 32.2. The minimum absolute atomic E-state index is 0.0282. The Morgan fingerprint density at radius 2 is 2.09 bits per heavy atom. The number of aryl methyl sites for hydroxylation is 1. The van der Waals surface area contributed by atoms with Crippen LogP contribution >= 0.6 is 23.1 Å². The summed E-state index contributed by atoms with van der Waals surface area (Å²) in [6, 6.07) is 3.53. The van der Waals surface area contributed by atoms with Crippen LogP contribution in [0.5, 0.6) is 0 Å². The van der Waals surface area contributed by atoms with E-state index >= 15 is 0 Å². The number of aromatic nitrogens is 2. The van der Waals surface area contributed by atoms with E-state index in [1.165, 1.54) is 35.2 Å². The number of halogens is 1. The van der Waals surface area contributed by atoms with Crippen molar-refractivity contribution in [1.29, 1.82) is 0 Å². The molecule has 0 fully saturated rings. The van der Waals surface area contributed by atoms with Gasteiger partial charge in [0, 0.05) is 5.75 Å². The van der Waals surface area contributed by atoms with Gasteiger partial charge in [-0.15, -0.1) is 10.2 Å². The predicted molar refractivity (Wildman–Crippen MR) is 87.4 cm³/mol. The van der Waals surface area contributed by atoms with E-state index in [-0.39, 0.29) is 10.0 Å². The molecule has 0 saturated heterocycles. The van der Waals surface area contributed by atoms with Crippen LogP contribution in [0.15, 0.2) is 27.4 Å². The Balaban J connectivity index is 2.15. The summed E-state index contributed by atoms with van der Waals surface area (Å²) in [5, 5.41) is 7.99. The van der Waals surface area contributed by atoms with Crippen molar-refractivity contribution < 1.29 is 12.8 Å². The van der Waals surface area contributed by atoms with Crippen LogP contribution in [0.25, 0.3) is 0 Å². The Kier molecular flexibility index (Phi) is 5.41. The lowest BCUT2D eigenvalue weighted by molar-refractivity contribution is 0.598. The predicted octanol–water partition coefficient (Wildman–Crippen LogP) is 3.53. The third-order valence-electron chi connectivity index (χ3n) is 2.59. The molecule has 2 rings (SSSR count). The lowest BCUT2D eigenvalue weighted by Gasteiger charge is -2.07. The normalized spacial score (nSPS) is 11.9. The third-order valence-corrected chi connectivity index (χ3v) is 6.62. The van der Waals surface area contributed by atoms with Gasteiger partial charge in [0.15, 0.2) is 4.34 Å². The first-order valence-electron chi connectivity index (χ1n) is 6.53. The lowest BCUT2D eigenvalue weighted by atomic mass is 10.2. The van der Waals surface area contributed by atoms with Gasteiger partial charge in [0.2, 0.25) is 5.13 Å². The Morgan fingerprint density at radius 3 is 2.73 bits per heavy atom. The zero-order valence-corrected chi connectivity index (χ0v) is 14.8. The zero-order valence-electron chi connectivity index (χ0n) is 12.3. The molecule has 1 heterocycles. The van der Waals surface area contributed by atoms with E-state index < -0.39 is 15.8 Å². The SMILES string of the molecule is Cc1cc(F)ccc1S(=O)(=O)Nc1nnc(SCC(C)C)s1. The number of hydrogen-bond donors (Lipinski definition) is 1. The van der Waals surface area contributed by atoms with Crippen LogP contribution < -0.4 is 4.72 Å². The Morgan fingerprint density at radius 1 is 1.36 bits per heavy atom. The third kappa shape index (κ3) is 4.40. The molecule has 120 valence electrons. The van der Waals surface area contributed by atoms with Gasteiger partial charge >= 0.3 is 0 Å². The van der Waals surface area contributed by atoms with E-state index in [0.29, 0.717) is 15.8 Å². The first kappa shape index (κ1) is 17.2. The number of hydrogen-bond acceptors (Lipinski definition) is 6. The molecule has 0 aliphatic heterocycles. The van der Waals surface area contributed by atoms with Crippen LogP contribution in [0.2, 0.25) is 0 Å². The van der Waals surface area contributed by atoms with Gasteiger partial charge in [0.05, 0.1) is 4.90 Å². The van der Waals surface area contributed by atoms with Gasteiger partial charge in [0.1, 0.15) is 5.82 Å². The highest BCUT2D eigenvalue weighted by Crippen LogP contribution is 2.28. The Hall–Kier alpha value is -1.19. The summed E-state index contributed by atoms with van der Waals surface area (Å²) in [7, 11) is -3.80. The van der Waals surface area contributed by atoms with Crippen LogP contribution in [0.4, 0.5) is 9.52 Å². The van der Waals surface area contributed by atoms with E-state index in [0.717, 1.165) is 11.8 Å². The van der Waals surface area contributed by atoms with E-state index in [1.807, 2.05) is 0 Å². The molecule has 0 aliphatic rings. The first-order chi connectivity index (χ1) is 10.3. The Labute approximate surface area is 137 Å². The molecule has 1 N–H and O–H groups in total. The molecule has 2 aromatic rings. The molecule has 0 spiro atoms. The van der Waals surface area contributed by atoms with Crippen molar-refractivity contribution in [3.05, 3.63) is 29.6 Å². The van der Waals surface area contributed by atoms with E-state index in [1.54, 1.807) is 6.92 Å². The van der Waals surface area contributed by atoms with Gasteiger partial charge in [-0.05, 0) is 36.6 Å². The van der Waals surface area contributed by atoms with Crippen molar-refractivity contribution in [2.24, 2.45) is 5.92 Å². The lowest BCUT2D eigenvalue weighted by Crippen LogP contribution is -2.14. The Bertz CT molecular complexity index is 760. The van der Waals surface area contributed by atoms with Crippen molar-refractivity contribution >= 4 is 38.3 Å². The van der Waals surface area contributed by atoms with Crippen molar-refractivity contribution in [2.45, 2.75) is 30.0 Å². The number of nitrogens with one attached hydrogen (secondary N) is 1. The summed E-state index contributed by atoms with van der Waals surface area (Å²) >= 11 is 2.72. The number of rotatable bonds is 6.